The molecule has 0 bridgehead atoms. The number of carbonyl (C=O) groups excluding carboxylic acids is 2. The summed E-state index contributed by atoms with van der Waals surface area (Å²) in [4.78, 5) is 27.0. The first-order chi connectivity index (χ1) is 13.3. The van der Waals surface area contributed by atoms with Crippen molar-refractivity contribution in [2.45, 2.75) is 71.4 Å². The highest BCUT2D eigenvalue weighted by atomic mass is 16.5. The second-order valence-corrected chi connectivity index (χ2v) is 9.70. The molecule has 6 heteroatoms. The Bertz CT molecular complexity index is 577. The van der Waals surface area contributed by atoms with E-state index in [1.165, 1.54) is 7.11 Å². The molecular weight excluding hydrogens is 356 g/mol. The molecule has 0 unspecified atom stereocenters. The molecule has 7 atom stereocenters. The van der Waals surface area contributed by atoms with E-state index in [-0.39, 0.29) is 53.5 Å². The number of fused-ring (bicyclic) bond motifs is 1. The van der Waals surface area contributed by atoms with Gasteiger partial charge in [-0.15, -0.1) is 0 Å². The highest BCUT2D eigenvalue weighted by Gasteiger charge is 2.54. The van der Waals surface area contributed by atoms with Gasteiger partial charge in [0, 0.05) is 32.2 Å². The van der Waals surface area contributed by atoms with Gasteiger partial charge in [-0.1, -0.05) is 20.8 Å². The van der Waals surface area contributed by atoms with Crippen LogP contribution in [0.3, 0.4) is 0 Å². The van der Waals surface area contributed by atoms with Crippen LogP contribution in [-0.2, 0) is 14.3 Å². The largest absolute Gasteiger partial charge is 0.392 e. The smallest absolute Gasteiger partial charge is 0.246 e. The Morgan fingerprint density at radius 3 is 2.54 bits per heavy atom. The van der Waals surface area contributed by atoms with Gasteiger partial charge in [-0.25, -0.2) is 0 Å². The second kappa shape index (κ2) is 8.70. The number of likely N-dealkylation sites (tertiary alicyclic amines) is 1. The highest BCUT2D eigenvalue weighted by molar-refractivity contribution is 5.79. The molecule has 3 aliphatic rings. The van der Waals surface area contributed by atoms with Crippen LogP contribution in [0.5, 0.6) is 0 Å². The fraction of sp³-hybridized carbons (Fsp3) is 0.909. The van der Waals surface area contributed by atoms with Gasteiger partial charge in [-0.05, 0) is 61.7 Å². The SMILES string of the molecule is COCC(=O)N[C@H]1CC[C@]2(C)CC[C@H]([C@H](C)C(=O)N3CCCC3)[C@H](O)[C@H]2[C@@H]1C. The van der Waals surface area contributed by atoms with E-state index in [4.69, 9.17) is 4.74 Å². The van der Waals surface area contributed by atoms with Crippen LogP contribution >= 0.6 is 0 Å². The number of hydrogen-bond donors (Lipinski definition) is 2. The molecular formula is C22H38N2O4. The Hall–Kier alpha value is -1.14. The van der Waals surface area contributed by atoms with E-state index >= 15 is 0 Å². The summed E-state index contributed by atoms with van der Waals surface area (Å²) in [5.41, 5.74) is 0.0776. The summed E-state index contributed by atoms with van der Waals surface area (Å²) in [5, 5.41) is 14.5. The molecule has 0 spiro atoms. The summed E-state index contributed by atoms with van der Waals surface area (Å²) in [5.74, 6) is 0.240. The number of nitrogens with one attached hydrogen (secondary N) is 1. The molecule has 1 heterocycles. The van der Waals surface area contributed by atoms with E-state index in [1.54, 1.807) is 0 Å². The van der Waals surface area contributed by atoms with Crippen molar-refractivity contribution in [3.8, 4) is 0 Å². The van der Waals surface area contributed by atoms with Gasteiger partial charge in [-0.2, -0.15) is 0 Å². The van der Waals surface area contributed by atoms with Crippen LogP contribution in [0.25, 0.3) is 0 Å². The van der Waals surface area contributed by atoms with Crippen LogP contribution in [-0.4, -0.2) is 60.8 Å². The van der Waals surface area contributed by atoms with Crippen LogP contribution < -0.4 is 5.32 Å². The van der Waals surface area contributed by atoms with E-state index in [2.05, 4.69) is 19.2 Å². The number of carbonyl (C=O) groups is 2. The number of rotatable bonds is 5. The Morgan fingerprint density at radius 2 is 1.89 bits per heavy atom. The second-order valence-electron chi connectivity index (χ2n) is 9.70. The fourth-order valence-electron chi connectivity index (χ4n) is 6.29. The van der Waals surface area contributed by atoms with Crippen molar-refractivity contribution in [2.75, 3.05) is 26.8 Å². The summed E-state index contributed by atoms with van der Waals surface area (Å²) in [7, 11) is 1.52. The first kappa shape index (κ1) is 21.6. The summed E-state index contributed by atoms with van der Waals surface area (Å²) < 4.78 is 4.95. The monoisotopic (exact) mass is 394 g/mol. The van der Waals surface area contributed by atoms with Crippen LogP contribution in [0, 0.1) is 29.1 Å². The number of nitrogens with zero attached hydrogens (tertiary/aromatic N) is 1. The lowest BCUT2D eigenvalue weighted by Gasteiger charge is -2.56. The van der Waals surface area contributed by atoms with E-state index < -0.39 is 6.10 Å². The third kappa shape index (κ3) is 4.09. The summed E-state index contributed by atoms with van der Waals surface area (Å²) >= 11 is 0. The van der Waals surface area contributed by atoms with Crippen molar-refractivity contribution < 1.29 is 19.4 Å². The zero-order valence-corrected chi connectivity index (χ0v) is 17.9. The minimum atomic E-state index is -0.502. The topological polar surface area (TPSA) is 78.9 Å². The number of aliphatic hydroxyl groups excluding tert-OH is 1. The maximum absolute atomic E-state index is 12.9. The lowest BCUT2D eigenvalue weighted by atomic mass is 9.51. The van der Waals surface area contributed by atoms with Gasteiger partial charge in [0.25, 0.3) is 0 Å². The van der Waals surface area contributed by atoms with Gasteiger partial charge >= 0.3 is 0 Å². The predicted molar refractivity (Wildman–Crippen MR) is 108 cm³/mol. The van der Waals surface area contributed by atoms with E-state index in [0.29, 0.717) is 0 Å². The number of amides is 2. The van der Waals surface area contributed by atoms with Crippen molar-refractivity contribution in [2.24, 2.45) is 29.1 Å². The molecule has 0 radical (unpaired) electrons. The average molecular weight is 395 g/mol. The van der Waals surface area contributed by atoms with Crippen LogP contribution in [0.15, 0.2) is 0 Å². The molecule has 6 nitrogen and oxygen atoms in total. The van der Waals surface area contributed by atoms with Crippen molar-refractivity contribution in [3.63, 3.8) is 0 Å². The van der Waals surface area contributed by atoms with Crippen molar-refractivity contribution in [3.05, 3.63) is 0 Å². The normalized spacial score (nSPS) is 39.3. The third-order valence-electron chi connectivity index (χ3n) is 7.96. The molecule has 3 fully saturated rings. The maximum Gasteiger partial charge on any atom is 0.246 e. The minimum absolute atomic E-state index is 0.00190. The van der Waals surface area contributed by atoms with Gasteiger partial charge in [0.1, 0.15) is 6.61 Å². The van der Waals surface area contributed by atoms with Gasteiger partial charge < -0.3 is 20.1 Å². The molecule has 160 valence electrons. The molecule has 2 amide bonds. The van der Waals surface area contributed by atoms with Gasteiger partial charge in [0.15, 0.2) is 0 Å². The first-order valence-electron chi connectivity index (χ1n) is 11.0. The van der Waals surface area contributed by atoms with Crippen molar-refractivity contribution >= 4 is 11.8 Å². The Morgan fingerprint density at radius 1 is 1.25 bits per heavy atom. The van der Waals surface area contributed by atoms with Crippen LogP contribution in [0.1, 0.15) is 59.3 Å². The van der Waals surface area contributed by atoms with E-state index in [0.717, 1.165) is 51.6 Å². The molecule has 1 aliphatic heterocycles. The Balaban J connectivity index is 1.72. The molecule has 1 saturated heterocycles. The zero-order valence-electron chi connectivity index (χ0n) is 17.9. The molecule has 0 aromatic carbocycles. The summed E-state index contributed by atoms with van der Waals surface area (Å²) in [6.07, 6.45) is 5.56. The standard InChI is InChI=1S/C22H38N2O4/c1-14(21(27)24-11-5-6-12-24)16-7-9-22(3)10-8-17(23-18(25)13-28-4)15(2)19(22)20(16)26/h14-17,19-20,26H,5-13H2,1-4H3,(H,23,25)/t14-,15+,16+,17-,19+,20-,22-/m0/s1. The molecule has 28 heavy (non-hydrogen) atoms. The molecule has 0 aromatic heterocycles. The first-order valence-corrected chi connectivity index (χ1v) is 11.0. The van der Waals surface area contributed by atoms with Crippen molar-refractivity contribution in [1.82, 2.24) is 10.2 Å². The Labute approximate surface area is 169 Å². The predicted octanol–water partition coefficient (Wildman–Crippen LogP) is 2.20. The van der Waals surface area contributed by atoms with Crippen molar-refractivity contribution in [1.29, 1.82) is 0 Å². The quantitative estimate of drug-likeness (QED) is 0.749. The van der Waals surface area contributed by atoms with Gasteiger partial charge in [0.05, 0.1) is 6.10 Å². The molecule has 0 aromatic rings. The summed E-state index contributed by atoms with van der Waals surface area (Å²) in [6, 6.07) is 0.0544. The molecule has 2 aliphatic carbocycles. The van der Waals surface area contributed by atoms with Gasteiger partial charge in [0.2, 0.25) is 11.8 Å². The zero-order chi connectivity index (χ0) is 20.5. The third-order valence-corrected chi connectivity index (χ3v) is 7.96. The lowest BCUT2D eigenvalue weighted by Crippen LogP contribution is -2.58. The van der Waals surface area contributed by atoms with E-state index in [9.17, 15) is 14.7 Å². The molecule has 3 rings (SSSR count). The highest BCUT2D eigenvalue weighted by Crippen LogP contribution is 2.55. The number of hydrogen-bond acceptors (Lipinski definition) is 4. The maximum atomic E-state index is 12.9. The number of methoxy groups -OCH3 is 1. The van der Waals surface area contributed by atoms with Gasteiger partial charge in [-0.3, -0.25) is 9.59 Å². The Kier molecular flexibility index (Phi) is 6.70. The lowest BCUT2D eigenvalue weighted by molar-refractivity contribution is -0.150. The number of aliphatic hydroxyl groups is 1. The van der Waals surface area contributed by atoms with E-state index in [1.807, 2.05) is 11.8 Å². The molecule has 2 saturated carbocycles. The average Bonchev–Trinajstić information content (AvgIpc) is 3.18. The molecule has 2 N–H and O–H groups in total. The number of ether oxygens (including phenoxy) is 1. The fourth-order valence-corrected chi connectivity index (χ4v) is 6.29. The summed E-state index contributed by atoms with van der Waals surface area (Å²) in [6.45, 7) is 8.22. The minimum Gasteiger partial charge on any atom is -0.392 e. The van der Waals surface area contributed by atoms with Crippen LogP contribution in [0.2, 0.25) is 0 Å². The van der Waals surface area contributed by atoms with Crippen LogP contribution in [0.4, 0.5) is 0 Å².